The molecular weight excluding hydrogens is 330 g/mol. The number of amides is 1. The Labute approximate surface area is 152 Å². The summed E-state index contributed by atoms with van der Waals surface area (Å²) in [5, 5.41) is 6.96. The van der Waals surface area contributed by atoms with Crippen molar-refractivity contribution >= 4 is 16.9 Å². The van der Waals surface area contributed by atoms with Gasteiger partial charge in [0.1, 0.15) is 0 Å². The second kappa shape index (κ2) is 6.23. The van der Waals surface area contributed by atoms with E-state index in [0.717, 1.165) is 29.7 Å². The quantitative estimate of drug-likeness (QED) is 0.864. The average molecular weight is 357 g/mol. The minimum Gasteiger partial charge on any atom is -0.342 e. The van der Waals surface area contributed by atoms with E-state index in [1.807, 2.05) is 25.8 Å². The molecule has 0 aliphatic carbocycles. The van der Waals surface area contributed by atoms with Gasteiger partial charge in [-0.1, -0.05) is 0 Å². The molecule has 7 heteroatoms. The number of nitrogens with one attached hydrogen (secondary N) is 2. The maximum absolute atomic E-state index is 13.0. The van der Waals surface area contributed by atoms with Gasteiger partial charge in [-0.15, -0.1) is 0 Å². The number of likely N-dealkylation sites (N-methyl/N-ethyl adjacent to an activating group) is 1. The molecule has 2 aromatic rings. The summed E-state index contributed by atoms with van der Waals surface area (Å²) in [7, 11) is 3.70. The van der Waals surface area contributed by atoms with Crippen LogP contribution < -0.4 is 10.9 Å². The highest BCUT2D eigenvalue weighted by molar-refractivity contribution is 5.84. The Hall–Kier alpha value is -2.15. The van der Waals surface area contributed by atoms with Crippen molar-refractivity contribution in [2.75, 3.05) is 7.05 Å². The van der Waals surface area contributed by atoms with Gasteiger partial charge in [0.2, 0.25) is 5.91 Å². The first-order valence-corrected chi connectivity index (χ1v) is 9.41. The number of aromatic nitrogens is 3. The first kappa shape index (κ1) is 17.3. The minimum absolute atomic E-state index is 0.107. The topological polar surface area (TPSA) is 83.0 Å². The molecule has 2 unspecified atom stereocenters. The number of carbonyl (C=O) groups excluding carboxylic acids is 1. The summed E-state index contributed by atoms with van der Waals surface area (Å²) in [6.45, 7) is 3.83. The molecule has 4 rings (SSSR count). The van der Waals surface area contributed by atoms with Gasteiger partial charge in [0.05, 0.1) is 11.8 Å². The van der Waals surface area contributed by atoms with Crippen molar-refractivity contribution in [3.63, 3.8) is 0 Å². The third-order valence-electron chi connectivity index (χ3n) is 6.29. The van der Waals surface area contributed by atoms with Crippen LogP contribution in [0.4, 0.5) is 0 Å². The predicted octanol–water partition coefficient (Wildman–Crippen LogP) is 1.16. The molecule has 0 spiro atoms. The zero-order valence-corrected chi connectivity index (χ0v) is 15.9. The first-order chi connectivity index (χ1) is 12.3. The summed E-state index contributed by atoms with van der Waals surface area (Å²) in [4.78, 5) is 31.7. The predicted molar refractivity (Wildman–Crippen MR) is 100 cm³/mol. The van der Waals surface area contributed by atoms with Crippen LogP contribution in [0, 0.1) is 13.8 Å². The van der Waals surface area contributed by atoms with Crippen molar-refractivity contribution in [2.45, 2.75) is 64.1 Å². The minimum atomic E-state index is -0.149. The normalized spacial score (nSPS) is 25.0. The summed E-state index contributed by atoms with van der Waals surface area (Å²) in [6.07, 6.45) is 4.81. The zero-order valence-electron chi connectivity index (χ0n) is 15.9. The van der Waals surface area contributed by atoms with Crippen LogP contribution in [-0.4, -0.2) is 50.7 Å². The van der Waals surface area contributed by atoms with Crippen molar-refractivity contribution in [1.29, 1.82) is 0 Å². The Morgan fingerprint density at radius 1 is 1.27 bits per heavy atom. The fourth-order valence-electron chi connectivity index (χ4n) is 4.73. The van der Waals surface area contributed by atoms with Crippen molar-refractivity contribution < 1.29 is 4.79 Å². The van der Waals surface area contributed by atoms with Crippen LogP contribution in [0.1, 0.15) is 42.5 Å². The van der Waals surface area contributed by atoms with Crippen LogP contribution in [0.5, 0.6) is 0 Å². The fraction of sp³-hybridized carbons (Fsp3) is 0.632. The van der Waals surface area contributed by atoms with Gasteiger partial charge in [0.15, 0.2) is 5.65 Å². The van der Waals surface area contributed by atoms with Crippen molar-refractivity contribution in [3.8, 4) is 0 Å². The van der Waals surface area contributed by atoms with Gasteiger partial charge in [-0.05, 0) is 50.7 Å². The highest BCUT2D eigenvalue weighted by atomic mass is 16.2. The van der Waals surface area contributed by atoms with E-state index < -0.39 is 0 Å². The molecule has 0 aromatic carbocycles. The van der Waals surface area contributed by atoms with Gasteiger partial charge in [-0.2, -0.15) is 0 Å². The van der Waals surface area contributed by atoms with Crippen LogP contribution in [0.15, 0.2) is 4.79 Å². The molecule has 2 bridgehead atoms. The van der Waals surface area contributed by atoms with Gasteiger partial charge in [0, 0.05) is 37.9 Å². The highest BCUT2D eigenvalue weighted by Gasteiger charge is 2.36. The summed E-state index contributed by atoms with van der Waals surface area (Å²) < 4.78 is 1.64. The van der Waals surface area contributed by atoms with Crippen LogP contribution in [0.3, 0.4) is 0 Å². The molecular formula is C19H27N5O2. The maximum atomic E-state index is 13.0. The molecule has 1 amide bonds. The molecule has 4 heterocycles. The number of nitrogens with zero attached hydrogens (tertiary/aromatic N) is 3. The second-order valence-electron chi connectivity index (χ2n) is 7.94. The third-order valence-corrected chi connectivity index (χ3v) is 6.29. The molecule has 2 atom stereocenters. The van der Waals surface area contributed by atoms with Crippen LogP contribution in [0.25, 0.3) is 11.0 Å². The van der Waals surface area contributed by atoms with Crippen LogP contribution in [-0.2, 0) is 18.3 Å². The van der Waals surface area contributed by atoms with Crippen molar-refractivity contribution in [1.82, 2.24) is 25.0 Å². The highest BCUT2D eigenvalue weighted by Crippen LogP contribution is 2.30. The lowest BCUT2D eigenvalue weighted by molar-refractivity contribution is -0.131. The van der Waals surface area contributed by atoms with Crippen LogP contribution >= 0.6 is 0 Å². The number of pyridine rings is 1. The van der Waals surface area contributed by atoms with E-state index in [0.29, 0.717) is 35.6 Å². The Morgan fingerprint density at radius 3 is 2.58 bits per heavy atom. The molecule has 7 nitrogen and oxygen atoms in total. The summed E-state index contributed by atoms with van der Waals surface area (Å²) in [6, 6.07) is 1.41. The molecule has 0 saturated carbocycles. The Bertz CT molecular complexity index is 916. The molecule has 26 heavy (non-hydrogen) atoms. The SMILES string of the molecule is Cc1nc2c(c(C)c1CC(=O)N(C)C1CC3CCC(C1)N3)c(=O)[nH]n2C. The maximum Gasteiger partial charge on any atom is 0.273 e. The number of aryl methyl sites for hydroxylation is 3. The zero-order chi connectivity index (χ0) is 18.6. The van der Waals surface area contributed by atoms with E-state index in [2.05, 4.69) is 15.4 Å². The molecule has 2 aromatic heterocycles. The smallest absolute Gasteiger partial charge is 0.273 e. The largest absolute Gasteiger partial charge is 0.342 e. The number of hydrogen-bond donors (Lipinski definition) is 2. The second-order valence-corrected chi connectivity index (χ2v) is 7.94. The molecule has 2 aliphatic rings. The summed E-state index contributed by atoms with van der Waals surface area (Å²) >= 11 is 0. The lowest BCUT2D eigenvalue weighted by atomic mass is 9.97. The average Bonchev–Trinajstić information content (AvgIpc) is 3.08. The van der Waals surface area contributed by atoms with Crippen LogP contribution in [0.2, 0.25) is 0 Å². The lowest BCUT2D eigenvalue weighted by Gasteiger charge is -2.35. The molecule has 2 saturated heterocycles. The van der Waals surface area contributed by atoms with E-state index >= 15 is 0 Å². The summed E-state index contributed by atoms with van der Waals surface area (Å²) in [5.41, 5.74) is 3.05. The number of H-pyrrole nitrogens is 1. The van der Waals surface area contributed by atoms with E-state index in [9.17, 15) is 9.59 Å². The lowest BCUT2D eigenvalue weighted by Crippen LogP contribution is -2.49. The molecule has 2 aliphatic heterocycles. The molecule has 2 N–H and O–H groups in total. The number of rotatable bonds is 3. The number of fused-ring (bicyclic) bond motifs is 3. The Balaban J connectivity index is 1.59. The standard InChI is InChI=1S/C19H27N5O2/c1-10-15(11(2)20-18-17(10)19(26)22-24(18)4)9-16(25)23(3)14-7-12-5-6-13(8-14)21-12/h12-14,21H,5-9H2,1-4H3,(H,22,26). The Kier molecular flexibility index (Phi) is 4.14. The Morgan fingerprint density at radius 2 is 1.92 bits per heavy atom. The van der Waals surface area contributed by atoms with E-state index in [1.54, 1.807) is 11.7 Å². The monoisotopic (exact) mass is 357 g/mol. The number of carbonyl (C=O) groups is 1. The van der Waals surface area contributed by atoms with Gasteiger partial charge >= 0.3 is 0 Å². The van der Waals surface area contributed by atoms with Gasteiger partial charge in [0.25, 0.3) is 5.56 Å². The number of aromatic amines is 1. The molecule has 2 fully saturated rings. The van der Waals surface area contributed by atoms with E-state index in [4.69, 9.17) is 0 Å². The van der Waals surface area contributed by atoms with E-state index in [1.165, 1.54) is 12.8 Å². The number of hydrogen-bond acceptors (Lipinski definition) is 4. The van der Waals surface area contributed by atoms with E-state index in [-0.39, 0.29) is 11.5 Å². The molecule has 140 valence electrons. The molecule has 0 radical (unpaired) electrons. The summed E-state index contributed by atoms with van der Waals surface area (Å²) in [5.74, 6) is 0.107. The van der Waals surface area contributed by atoms with Gasteiger partial charge in [-0.3, -0.25) is 19.4 Å². The van der Waals surface area contributed by atoms with Gasteiger partial charge in [-0.25, -0.2) is 4.98 Å². The first-order valence-electron chi connectivity index (χ1n) is 9.41. The fourth-order valence-corrected chi connectivity index (χ4v) is 4.73. The third kappa shape index (κ3) is 2.74. The van der Waals surface area contributed by atoms with Crippen molar-refractivity contribution in [3.05, 3.63) is 27.2 Å². The number of piperidine rings is 1. The van der Waals surface area contributed by atoms with Gasteiger partial charge < -0.3 is 10.2 Å². The van der Waals surface area contributed by atoms with Crippen molar-refractivity contribution in [2.24, 2.45) is 7.05 Å².